The summed E-state index contributed by atoms with van der Waals surface area (Å²) in [5, 5.41) is 8.17. The fraction of sp³-hybridized carbons (Fsp3) is 0.429. The molecule has 0 bridgehead atoms. The van der Waals surface area contributed by atoms with E-state index in [0.717, 1.165) is 49.7 Å². The molecule has 1 saturated heterocycles. The molecule has 3 rings (SSSR count). The largest absolute Gasteiger partial charge is 0.368 e. The van der Waals surface area contributed by atoms with E-state index in [1.54, 1.807) is 6.20 Å². The van der Waals surface area contributed by atoms with Crippen LogP contribution in [0.4, 0.5) is 22.1 Å². The normalized spacial score (nSPS) is 14.3. The Morgan fingerprint density at radius 1 is 1.07 bits per heavy atom. The first-order valence-electron chi connectivity index (χ1n) is 10.2. The van der Waals surface area contributed by atoms with Crippen molar-refractivity contribution in [2.75, 3.05) is 48.3 Å². The van der Waals surface area contributed by atoms with Gasteiger partial charge in [0.1, 0.15) is 11.6 Å². The lowest BCUT2D eigenvalue weighted by molar-refractivity contribution is -0.114. The molecule has 3 amide bonds. The number of aryl methyl sites for hydroxylation is 1. The second-order valence-electron chi connectivity index (χ2n) is 7.28. The van der Waals surface area contributed by atoms with Gasteiger partial charge in [0.25, 0.3) is 0 Å². The number of amides is 3. The zero-order valence-electron chi connectivity index (χ0n) is 17.7. The number of hydrogen-bond donors (Lipinski definition) is 3. The molecule has 9 nitrogen and oxygen atoms in total. The van der Waals surface area contributed by atoms with E-state index in [-0.39, 0.29) is 11.9 Å². The van der Waals surface area contributed by atoms with Crippen LogP contribution in [0.5, 0.6) is 0 Å². The number of anilines is 3. The van der Waals surface area contributed by atoms with Gasteiger partial charge in [-0.25, -0.2) is 14.8 Å². The molecule has 1 fully saturated rings. The van der Waals surface area contributed by atoms with E-state index in [9.17, 15) is 9.59 Å². The molecule has 1 aliphatic heterocycles. The minimum absolute atomic E-state index is 0.122. The number of nitrogens with one attached hydrogen (secondary N) is 3. The molecule has 0 radical (unpaired) electrons. The van der Waals surface area contributed by atoms with Crippen molar-refractivity contribution < 1.29 is 9.59 Å². The fourth-order valence-electron chi connectivity index (χ4n) is 3.51. The topological polar surface area (TPSA) is 102 Å². The van der Waals surface area contributed by atoms with Crippen LogP contribution >= 0.6 is 0 Å². The Balaban J connectivity index is 1.55. The third-order valence-electron chi connectivity index (χ3n) is 4.88. The van der Waals surface area contributed by atoms with Crippen LogP contribution in [0.15, 0.2) is 30.5 Å². The molecule has 0 aliphatic carbocycles. The van der Waals surface area contributed by atoms with Gasteiger partial charge >= 0.3 is 6.03 Å². The standard InChI is InChI=1S/C21H29N7O2/c1-4-22-21(30)26-20-13-17(7-8-23-20)14-27-9-11-28(12-10-27)18-5-6-19(24-15(18)2)25-16(3)29/h5-8,13H,4,9-12,14H2,1-3H3,(H,24,25,29)(H2,22,23,26,30). The van der Waals surface area contributed by atoms with E-state index < -0.39 is 0 Å². The van der Waals surface area contributed by atoms with Crippen LogP contribution in [-0.2, 0) is 11.3 Å². The number of aromatic nitrogens is 2. The van der Waals surface area contributed by atoms with Gasteiger partial charge in [-0.1, -0.05) is 0 Å². The minimum atomic E-state index is -0.246. The number of carbonyl (C=O) groups excluding carboxylic acids is 2. The van der Waals surface area contributed by atoms with Crippen molar-refractivity contribution >= 4 is 29.3 Å². The SMILES string of the molecule is CCNC(=O)Nc1cc(CN2CCN(c3ccc(NC(C)=O)nc3C)CC2)ccn1. The van der Waals surface area contributed by atoms with Crippen molar-refractivity contribution in [3.05, 3.63) is 41.7 Å². The quantitative estimate of drug-likeness (QED) is 0.674. The van der Waals surface area contributed by atoms with Crippen LogP contribution in [0.1, 0.15) is 25.1 Å². The highest BCUT2D eigenvalue weighted by Crippen LogP contribution is 2.22. The summed E-state index contributed by atoms with van der Waals surface area (Å²) in [5.74, 6) is 1.01. The monoisotopic (exact) mass is 411 g/mol. The Bertz CT molecular complexity index is 895. The van der Waals surface area contributed by atoms with Gasteiger partial charge in [-0.2, -0.15) is 0 Å². The molecule has 30 heavy (non-hydrogen) atoms. The molecule has 0 spiro atoms. The lowest BCUT2D eigenvalue weighted by Gasteiger charge is -2.36. The van der Waals surface area contributed by atoms with Crippen LogP contribution in [0, 0.1) is 6.92 Å². The third-order valence-corrected chi connectivity index (χ3v) is 4.88. The zero-order valence-corrected chi connectivity index (χ0v) is 17.7. The Morgan fingerprint density at radius 2 is 1.83 bits per heavy atom. The summed E-state index contributed by atoms with van der Waals surface area (Å²) >= 11 is 0. The van der Waals surface area contributed by atoms with Gasteiger partial charge in [-0.15, -0.1) is 0 Å². The summed E-state index contributed by atoms with van der Waals surface area (Å²) in [6.07, 6.45) is 1.72. The van der Waals surface area contributed by atoms with E-state index in [1.165, 1.54) is 6.92 Å². The smallest absolute Gasteiger partial charge is 0.320 e. The van der Waals surface area contributed by atoms with Crippen molar-refractivity contribution in [2.45, 2.75) is 27.3 Å². The Hall–Kier alpha value is -3.20. The molecule has 2 aromatic heterocycles. The zero-order chi connectivity index (χ0) is 21.5. The van der Waals surface area contributed by atoms with Crippen LogP contribution in [0.2, 0.25) is 0 Å². The first-order chi connectivity index (χ1) is 14.4. The predicted molar refractivity (Wildman–Crippen MR) is 118 cm³/mol. The Morgan fingerprint density at radius 3 is 2.50 bits per heavy atom. The van der Waals surface area contributed by atoms with Crippen LogP contribution in [0.25, 0.3) is 0 Å². The number of piperazine rings is 1. The highest BCUT2D eigenvalue weighted by atomic mass is 16.2. The van der Waals surface area contributed by atoms with E-state index in [1.807, 2.05) is 38.1 Å². The number of carbonyl (C=O) groups is 2. The van der Waals surface area contributed by atoms with E-state index in [2.05, 4.69) is 35.7 Å². The summed E-state index contributed by atoms with van der Waals surface area (Å²) in [7, 11) is 0. The number of urea groups is 1. The Labute approximate surface area is 176 Å². The Kier molecular flexibility index (Phi) is 7.18. The van der Waals surface area contributed by atoms with Crippen molar-refractivity contribution in [3.8, 4) is 0 Å². The van der Waals surface area contributed by atoms with Crippen molar-refractivity contribution in [1.82, 2.24) is 20.2 Å². The molecule has 0 saturated carbocycles. The predicted octanol–water partition coefficient (Wildman–Crippen LogP) is 2.21. The molecule has 160 valence electrons. The molecule has 1 aliphatic rings. The molecule has 0 unspecified atom stereocenters. The van der Waals surface area contributed by atoms with Gasteiger partial charge in [-0.05, 0) is 43.7 Å². The third kappa shape index (κ3) is 5.90. The summed E-state index contributed by atoms with van der Waals surface area (Å²) in [5.41, 5.74) is 3.12. The van der Waals surface area contributed by atoms with Crippen LogP contribution in [0.3, 0.4) is 0 Å². The maximum Gasteiger partial charge on any atom is 0.320 e. The van der Waals surface area contributed by atoms with Gasteiger partial charge in [0.2, 0.25) is 5.91 Å². The number of hydrogen-bond acceptors (Lipinski definition) is 6. The summed E-state index contributed by atoms with van der Waals surface area (Å²) < 4.78 is 0. The molecule has 3 heterocycles. The summed E-state index contributed by atoms with van der Waals surface area (Å²) in [6, 6.07) is 7.51. The van der Waals surface area contributed by atoms with Gasteiger partial charge in [0.05, 0.1) is 11.4 Å². The lowest BCUT2D eigenvalue weighted by atomic mass is 10.2. The second kappa shape index (κ2) is 10.0. The van der Waals surface area contributed by atoms with Crippen molar-refractivity contribution in [2.24, 2.45) is 0 Å². The van der Waals surface area contributed by atoms with E-state index >= 15 is 0 Å². The van der Waals surface area contributed by atoms with E-state index in [4.69, 9.17) is 0 Å². The fourth-order valence-corrected chi connectivity index (χ4v) is 3.51. The molecule has 2 aromatic rings. The maximum atomic E-state index is 11.7. The van der Waals surface area contributed by atoms with E-state index in [0.29, 0.717) is 18.2 Å². The molecule has 0 atom stereocenters. The highest BCUT2D eigenvalue weighted by Gasteiger charge is 2.19. The van der Waals surface area contributed by atoms with Crippen molar-refractivity contribution in [3.63, 3.8) is 0 Å². The first kappa shape index (κ1) is 21.5. The summed E-state index contributed by atoms with van der Waals surface area (Å²) in [4.78, 5) is 36.3. The van der Waals surface area contributed by atoms with Crippen LogP contribution < -0.4 is 20.9 Å². The average molecular weight is 412 g/mol. The van der Waals surface area contributed by atoms with Crippen molar-refractivity contribution in [1.29, 1.82) is 0 Å². The number of pyridine rings is 2. The molecule has 9 heteroatoms. The maximum absolute atomic E-state index is 11.7. The van der Waals surface area contributed by atoms with Gasteiger partial charge in [-0.3, -0.25) is 15.0 Å². The molecular formula is C21H29N7O2. The lowest BCUT2D eigenvalue weighted by Crippen LogP contribution is -2.46. The van der Waals surface area contributed by atoms with Gasteiger partial charge in [0, 0.05) is 52.4 Å². The van der Waals surface area contributed by atoms with Gasteiger partial charge in [0.15, 0.2) is 0 Å². The van der Waals surface area contributed by atoms with Crippen LogP contribution in [-0.4, -0.2) is 59.5 Å². The molecule has 0 aromatic carbocycles. The number of nitrogens with zero attached hydrogens (tertiary/aromatic N) is 4. The first-order valence-corrected chi connectivity index (χ1v) is 10.2. The highest BCUT2D eigenvalue weighted by molar-refractivity contribution is 5.88. The molecular weight excluding hydrogens is 382 g/mol. The second-order valence-corrected chi connectivity index (χ2v) is 7.28. The number of rotatable bonds is 6. The van der Waals surface area contributed by atoms with Gasteiger partial charge < -0.3 is 15.5 Å². The minimum Gasteiger partial charge on any atom is -0.368 e. The molecule has 3 N–H and O–H groups in total. The summed E-state index contributed by atoms with van der Waals surface area (Å²) in [6.45, 7) is 10.3. The average Bonchev–Trinajstić information content (AvgIpc) is 2.69.